The Kier molecular flexibility index (Phi) is 6.15. The SMILES string of the molecule is CC1(C)c2cc3c4cc2-c2c(cccc21)-c1cccc(c1)-c1ccc(-c2nc(-c5ccccc5)nc(-c5ccccc5)n2)cc1C4(C)c1ccccc1-3. The standard InChI is InChI=1S/C50H35N3/c1-49(2)41-23-13-21-36-33-19-12-18-32(26-33)35-25-24-34(48-52-46(30-14-6-4-7-15-30)51-47(53-48)31-16-8-5-9-17-31)27-43(35)50(3)40-22-11-10-20-37(40)38-28-42(49)39(45(36)41)29-44(38)50/h4-29H,1-3H3. The molecule has 11 rings (SSSR count). The van der Waals surface area contributed by atoms with Gasteiger partial charge in [-0.25, -0.2) is 15.0 Å². The van der Waals surface area contributed by atoms with Gasteiger partial charge in [-0.2, -0.15) is 0 Å². The van der Waals surface area contributed by atoms with Gasteiger partial charge in [-0.1, -0.05) is 147 Å². The molecule has 0 saturated heterocycles. The third-order valence-electron chi connectivity index (χ3n) is 12.1. The minimum Gasteiger partial charge on any atom is -0.208 e. The second kappa shape index (κ2) is 10.8. The van der Waals surface area contributed by atoms with Crippen molar-refractivity contribution in [3.63, 3.8) is 0 Å². The van der Waals surface area contributed by atoms with Crippen LogP contribution in [0, 0.1) is 0 Å². The summed E-state index contributed by atoms with van der Waals surface area (Å²) in [6.45, 7) is 7.21. The number of nitrogens with zero attached hydrogens (tertiary/aromatic N) is 3. The Hall–Kier alpha value is -6.45. The number of benzene rings is 7. The van der Waals surface area contributed by atoms with Gasteiger partial charge in [0.2, 0.25) is 0 Å². The number of hydrogen-bond acceptors (Lipinski definition) is 3. The maximum absolute atomic E-state index is 5.16. The van der Waals surface area contributed by atoms with E-state index in [1.165, 1.54) is 72.3 Å². The molecule has 0 saturated carbocycles. The largest absolute Gasteiger partial charge is 0.208 e. The summed E-state index contributed by atoms with van der Waals surface area (Å²) in [7, 11) is 0. The van der Waals surface area contributed by atoms with E-state index < -0.39 is 5.41 Å². The number of fused-ring (bicyclic) bond motifs is 9. The number of aromatic nitrogens is 3. The van der Waals surface area contributed by atoms with E-state index >= 15 is 0 Å². The fraction of sp³-hybridized carbons (Fsp3) is 0.100. The van der Waals surface area contributed by atoms with E-state index in [0.717, 1.165) is 16.7 Å². The molecule has 8 aromatic rings. The normalized spacial score (nSPS) is 16.4. The van der Waals surface area contributed by atoms with Crippen LogP contribution in [0.15, 0.2) is 158 Å². The summed E-state index contributed by atoms with van der Waals surface area (Å²) in [6.07, 6.45) is 0. The minimum atomic E-state index is -0.452. The van der Waals surface area contributed by atoms with Gasteiger partial charge in [-0.05, 0) is 104 Å². The molecule has 3 heteroatoms. The summed E-state index contributed by atoms with van der Waals surface area (Å²) in [6, 6.07) is 57.4. The molecule has 1 aromatic heterocycles. The summed E-state index contributed by atoms with van der Waals surface area (Å²) in [5.74, 6) is 1.98. The first-order valence-corrected chi connectivity index (χ1v) is 18.4. The van der Waals surface area contributed by atoms with Gasteiger partial charge in [0.25, 0.3) is 0 Å². The van der Waals surface area contributed by atoms with Crippen molar-refractivity contribution >= 4 is 0 Å². The van der Waals surface area contributed by atoms with E-state index in [2.05, 4.69) is 142 Å². The topological polar surface area (TPSA) is 38.7 Å². The van der Waals surface area contributed by atoms with Crippen molar-refractivity contribution in [2.75, 3.05) is 0 Å². The fourth-order valence-corrected chi connectivity index (χ4v) is 9.44. The smallest absolute Gasteiger partial charge is 0.164 e. The highest BCUT2D eigenvalue weighted by Gasteiger charge is 2.46. The van der Waals surface area contributed by atoms with Crippen LogP contribution in [-0.2, 0) is 10.8 Å². The first-order chi connectivity index (χ1) is 25.9. The predicted molar refractivity (Wildman–Crippen MR) is 216 cm³/mol. The van der Waals surface area contributed by atoms with Crippen LogP contribution in [0.3, 0.4) is 0 Å². The molecule has 7 aromatic carbocycles. The zero-order valence-corrected chi connectivity index (χ0v) is 29.9. The molecule has 3 aliphatic rings. The second-order valence-electron chi connectivity index (χ2n) is 15.3. The van der Waals surface area contributed by atoms with Crippen LogP contribution >= 0.6 is 0 Å². The highest BCUT2D eigenvalue weighted by molar-refractivity contribution is 5.98. The van der Waals surface area contributed by atoms with Crippen molar-refractivity contribution < 1.29 is 0 Å². The zero-order chi connectivity index (χ0) is 35.5. The number of rotatable bonds is 3. The van der Waals surface area contributed by atoms with Gasteiger partial charge in [-0.15, -0.1) is 0 Å². The minimum absolute atomic E-state index is 0.123. The third-order valence-corrected chi connectivity index (χ3v) is 12.1. The Morgan fingerprint density at radius 2 is 0.849 bits per heavy atom. The maximum atomic E-state index is 5.16. The predicted octanol–water partition coefficient (Wildman–Crippen LogP) is 12.2. The van der Waals surface area contributed by atoms with Gasteiger partial charge in [0.05, 0.1) is 0 Å². The van der Waals surface area contributed by atoms with Crippen LogP contribution in [0.4, 0.5) is 0 Å². The van der Waals surface area contributed by atoms with E-state index in [9.17, 15) is 0 Å². The van der Waals surface area contributed by atoms with Crippen LogP contribution in [-0.4, -0.2) is 15.0 Å². The Morgan fingerprint density at radius 1 is 0.321 bits per heavy atom. The third kappa shape index (κ3) is 4.19. The van der Waals surface area contributed by atoms with Crippen molar-refractivity contribution in [2.45, 2.75) is 31.6 Å². The summed E-state index contributed by atoms with van der Waals surface area (Å²) in [4.78, 5) is 15.3. The highest BCUT2D eigenvalue weighted by atomic mass is 15.0. The van der Waals surface area contributed by atoms with E-state index in [1.807, 2.05) is 36.4 Å². The van der Waals surface area contributed by atoms with Crippen molar-refractivity contribution in [3.8, 4) is 78.7 Å². The first-order valence-electron chi connectivity index (χ1n) is 18.4. The quantitative estimate of drug-likeness (QED) is 0.187. The van der Waals surface area contributed by atoms with Crippen molar-refractivity contribution in [1.82, 2.24) is 15.0 Å². The highest BCUT2D eigenvalue weighted by Crippen LogP contribution is 2.60. The molecular weight excluding hydrogens is 643 g/mol. The molecule has 0 fully saturated rings. The molecule has 250 valence electrons. The van der Waals surface area contributed by atoms with Crippen molar-refractivity contribution in [1.29, 1.82) is 0 Å². The van der Waals surface area contributed by atoms with Crippen molar-refractivity contribution in [3.05, 3.63) is 186 Å². The molecule has 0 radical (unpaired) electrons. The van der Waals surface area contributed by atoms with Crippen LogP contribution in [0.2, 0.25) is 0 Å². The Labute approximate surface area is 309 Å². The summed E-state index contributed by atoms with van der Waals surface area (Å²) < 4.78 is 0. The molecule has 0 N–H and O–H groups in total. The van der Waals surface area contributed by atoms with Crippen LogP contribution in [0.5, 0.6) is 0 Å². The van der Waals surface area contributed by atoms with E-state index in [-0.39, 0.29) is 5.41 Å². The zero-order valence-electron chi connectivity index (χ0n) is 29.9. The summed E-state index contributed by atoms with van der Waals surface area (Å²) in [5.41, 5.74) is 19.3. The van der Waals surface area contributed by atoms with Crippen LogP contribution in [0.1, 0.15) is 48.6 Å². The molecule has 3 aliphatic carbocycles. The molecular formula is C50H35N3. The van der Waals surface area contributed by atoms with Gasteiger partial charge in [0.15, 0.2) is 17.5 Å². The van der Waals surface area contributed by atoms with Gasteiger partial charge in [0.1, 0.15) is 0 Å². The Morgan fingerprint density at radius 3 is 1.57 bits per heavy atom. The number of hydrogen-bond donors (Lipinski definition) is 0. The van der Waals surface area contributed by atoms with Crippen molar-refractivity contribution in [2.24, 2.45) is 0 Å². The van der Waals surface area contributed by atoms with Gasteiger partial charge in [-0.3, -0.25) is 0 Å². The second-order valence-corrected chi connectivity index (χ2v) is 15.3. The Balaban J connectivity index is 1.23. The van der Waals surface area contributed by atoms with Gasteiger partial charge < -0.3 is 0 Å². The average Bonchev–Trinajstić information content (AvgIpc) is 3.61. The molecule has 1 unspecified atom stereocenters. The Bertz CT molecular complexity index is 2760. The molecule has 1 atom stereocenters. The monoisotopic (exact) mass is 677 g/mol. The van der Waals surface area contributed by atoms with Gasteiger partial charge in [0, 0.05) is 27.5 Å². The lowest BCUT2D eigenvalue weighted by Crippen LogP contribution is -2.24. The molecule has 3 nitrogen and oxygen atoms in total. The summed E-state index contributed by atoms with van der Waals surface area (Å²) in [5, 5.41) is 0. The average molecular weight is 678 g/mol. The van der Waals surface area contributed by atoms with E-state index in [4.69, 9.17) is 15.0 Å². The van der Waals surface area contributed by atoms with E-state index in [1.54, 1.807) is 0 Å². The van der Waals surface area contributed by atoms with Crippen LogP contribution < -0.4 is 0 Å². The molecule has 4 bridgehead atoms. The lowest BCUT2D eigenvalue weighted by Gasteiger charge is -2.32. The van der Waals surface area contributed by atoms with Gasteiger partial charge >= 0.3 is 0 Å². The van der Waals surface area contributed by atoms with Crippen LogP contribution in [0.25, 0.3) is 78.7 Å². The first kappa shape index (κ1) is 30.2. The molecule has 53 heavy (non-hydrogen) atoms. The lowest BCUT2D eigenvalue weighted by atomic mass is 9.70. The maximum Gasteiger partial charge on any atom is 0.164 e. The molecule has 1 heterocycles. The summed E-state index contributed by atoms with van der Waals surface area (Å²) >= 11 is 0. The molecule has 0 spiro atoms. The van der Waals surface area contributed by atoms with E-state index in [0.29, 0.717) is 17.5 Å². The molecule has 0 aliphatic heterocycles. The fourth-order valence-electron chi connectivity index (χ4n) is 9.44. The lowest BCUT2D eigenvalue weighted by molar-refractivity contribution is 0.659. The molecule has 0 amide bonds.